The van der Waals surface area contributed by atoms with E-state index in [-0.39, 0.29) is 42.4 Å². The van der Waals surface area contributed by atoms with Crippen LogP contribution in [0.2, 0.25) is 0 Å². The van der Waals surface area contributed by atoms with E-state index in [1.165, 1.54) is 11.3 Å². The van der Waals surface area contributed by atoms with Crippen molar-refractivity contribution in [1.82, 2.24) is 44.9 Å². The standard InChI is InChI=1S/C60H77N11O10S/c1-67(25-6-7-32-80-53-20-12-47(13-21-53)57(58(75)61-42-46-8-4-3-5-9-46)71(51-16-17-51)56(74)40-45-10-18-52(72)19-11-45)30-34-78-37-36-77-33-24-49-43-70(66-65-49)31-35-79-38-39-81-54-22-14-48(15-23-54)62-59(76)64-60-63-50(44-82-60)41-55(73)69-28-26-68(2)27-29-69/h3-5,8-15,18-23,43-44,51,57,72H,6-7,16-17,24-42H2,1-2H3,(H,61,75)(H2,62,63,64,76). The van der Waals surface area contributed by atoms with Gasteiger partial charge >= 0.3 is 6.03 Å². The average molecular weight is 1140 g/mol. The molecule has 5 amide bonds. The number of rotatable bonds is 34. The first-order chi connectivity index (χ1) is 40.0. The third-order valence-electron chi connectivity index (χ3n) is 13.9. The minimum atomic E-state index is -0.805. The molecule has 4 aromatic carbocycles. The van der Waals surface area contributed by atoms with E-state index < -0.39 is 12.1 Å². The summed E-state index contributed by atoms with van der Waals surface area (Å²) in [4.78, 5) is 65.6. The van der Waals surface area contributed by atoms with Crippen molar-refractivity contribution in [2.24, 2.45) is 0 Å². The predicted octanol–water partition coefficient (Wildman–Crippen LogP) is 6.45. The number of nitrogens with one attached hydrogen (secondary N) is 3. The Morgan fingerprint density at radius 1 is 0.720 bits per heavy atom. The maximum atomic E-state index is 14.0. The van der Waals surface area contributed by atoms with E-state index in [2.05, 4.69) is 48.1 Å². The Morgan fingerprint density at radius 3 is 2.16 bits per heavy atom. The van der Waals surface area contributed by atoms with Crippen LogP contribution < -0.4 is 25.4 Å². The molecule has 1 aliphatic carbocycles. The number of phenolic OH excluding ortho intramolecular Hbond substituents is 1. The number of piperazine rings is 1. The molecular formula is C60H77N11O10S. The van der Waals surface area contributed by atoms with Gasteiger partial charge in [0.2, 0.25) is 17.7 Å². The molecule has 22 heteroatoms. The van der Waals surface area contributed by atoms with Gasteiger partial charge in [0.1, 0.15) is 29.9 Å². The van der Waals surface area contributed by atoms with Gasteiger partial charge in [0.05, 0.1) is 77.0 Å². The number of likely N-dealkylation sites (N-methyl/N-ethyl adjacent to an activating group) is 2. The second-order valence-corrected chi connectivity index (χ2v) is 21.3. The van der Waals surface area contributed by atoms with Gasteiger partial charge in [0.15, 0.2) is 5.13 Å². The third-order valence-corrected chi connectivity index (χ3v) is 14.7. The van der Waals surface area contributed by atoms with Crippen molar-refractivity contribution in [1.29, 1.82) is 0 Å². The fraction of sp³-hybridized carbons (Fsp3) is 0.450. The Labute approximate surface area is 483 Å². The largest absolute Gasteiger partial charge is 0.508 e. The number of amides is 5. The summed E-state index contributed by atoms with van der Waals surface area (Å²) in [5.41, 5.74) is 4.54. The Morgan fingerprint density at radius 2 is 1.41 bits per heavy atom. The van der Waals surface area contributed by atoms with E-state index in [9.17, 15) is 24.3 Å². The fourth-order valence-corrected chi connectivity index (χ4v) is 9.77. The summed E-state index contributed by atoms with van der Waals surface area (Å²) in [6, 6.07) is 29.6. The lowest BCUT2D eigenvalue weighted by molar-refractivity contribution is -0.141. The first-order valence-corrected chi connectivity index (χ1v) is 29.0. The predicted molar refractivity (Wildman–Crippen MR) is 312 cm³/mol. The van der Waals surface area contributed by atoms with Crippen molar-refractivity contribution in [3.63, 3.8) is 0 Å². The third kappa shape index (κ3) is 20.5. The van der Waals surface area contributed by atoms with Crippen LogP contribution in [0.1, 0.15) is 59.8 Å². The molecule has 2 fully saturated rings. The smallest absolute Gasteiger partial charge is 0.325 e. The van der Waals surface area contributed by atoms with Gasteiger partial charge in [-0.25, -0.2) is 14.5 Å². The molecule has 1 aliphatic heterocycles. The minimum Gasteiger partial charge on any atom is -0.508 e. The molecule has 3 heterocycles. The number of aromatic nitrogens is 4. The normalized spacial score (nSPS) is 13.9. The highest BCUT2D eigenvalue weighted by atomic mass is 32.1. The maximum absolute atomic E-state index is 14.0. The van der Waals surface area contributed by atoms with Gasteiger partial charge in [0.25, 0.3) is 0 Å². The number of anilines is 2. The molecule has 1 saturated heterocycles. The molecule has 8 rings (SSSR count). The molecule has 6 aromatic rings. The van der Waals surface area contributed by atoms with Crippen LogP contribution in [0.25, 0.3) is 0 Å². The lowest BCUT2D eigenvalue weighted by Crippen LogP contribution is -2.47. The van der Waals surface area contributed by atoms with Gasteiger partial charge in [0, 0.05) is 69.0 Å². The second-order valence-electron chi connectivity index (χ2n) is 20.4. The van der Waals surface area contributed by atoms with Crippen LogP contribution in [0.5, 0.6) is 17.2 Å². The topological polar surface area (TPSA) is 227 Å². The number of unbranched alkanes of at least 4 members (excludes halogenated alkanes) is 1. The number of urea groups is 1. The van der Waals surface area contributed by atoms with Gasteiger partial charge in [-0.15, -0.1) is 16.4 Å². The molecule has 438 valence electrons. The number of thiazole rings is 1. The molecule has 1 unspecified atom stereocenters. The number of aromatic hydroxyl groups is 1. The van der Waals surface area contributed by atoms with Crippen molar-refractivity contribution in [2.75, 3.05) is 117 Å². The van der Waals surface area contributed by atoms with E-state index in [1.54, 1.807) is 63.5 Å². The molecule has 1 saturated carbocycles. The van der Waals surface area contributed by atoms with Crippen LogP contribution in [0.3, 0.4) is 0 Å². The van der Waals surface area contributed by atoms with Crippen molar-refractivity contribution in [3.05, 3.63) is 143 Å². The molecule has 0 radical (unpaired) electrons. The zero-order chi connectivity index (χ0) is 57.3. The highest BCUT2D eigenvalue weighted by Gasteiger charge is 2.41. The fourth-order valence-electron chi connectivity index (χ4n) is 9.07. The van der Waals surface area contributed by atoms with Crippen molar-refractivity contribution >= 4 is 45.9 Å². The van der Waals surface area contributed by atoms with Crippen molar-refractivity contribution < 1.29 is 48.0 Å². The van der Waals surface area contributed by atoms with E-state index >= 15 is 0 Å². The summed E-state index contributed by atoms with van der Waals surface area (Å²) in [5, 5.41) is 29.0. The second kappa shape index (κ2) is 32.2. The molecule has 82 heavy (non-hydrogen) atoms. The Hall–Kier alpha value is -7.47. The first kappa shape index (κ1) is 60.6. The van der Waals surface area contributed by atoms with Gasteiger partial charge < -0.3 is 59.0 Å². The van der Waals surface area contributed by atoms with Crippen LogP contribution in [-0.2, 0) is 60.9 Å². The van der Waals surface area contributed by atoms with E-state index in [0.29, 0.717) is 113 Å². The van der Waals surface area contributed by atoms with Gasteiger partial charge in [-0.05, 0) is 112 Å². The summed E-state index contributed by atoms with van der Waals surface area (Å²) < 4.78 is 31.0. The van der Waals surface area contributed by atoms with E-state index in [4.69, 9.17) is 23.7 Å². The van der Waals surface area contributed by atoms with Crippen LogP contribution >= 0.6 is 11.3 Å². The molecule has 4 N–H and O–H groups in total. The van der Waals surface area contributed by atoms with Crippen LogP contribution in [0, 0.1) is 0 Å². The number of ether oxygens (including phenoxy) is 5. The number of carbonyl (C=O) groups excluding carboxylic acids is 4. The summed E-state index contributed by atoms with van der Waals surface area (Å²) in [6.07, 6.45) is 6.37. The summed E-state index contributed by atoms with van der Waals surface area (Å²) in [7, 11) is 4.13. The summed E-state index contributed by atoms with van der Waals surface area (Å²) >= 11 is 1.28. The van der Waals surface area contributed by atoms with Crippen LogP contribution in [-0.4, -0.2) is 181 Å². The molecule has 2 aliphatic rings. The van der Waals surface area contributed by atoms with Crippen molar-refractivity contribution in [3.8, 4) is 17.2 Å². The van der Waals surface area contributed by atoms with E-state index in [0.717, 1.165) is 74.2 Å². The monoisotopic (exact) mass is 1140 g/mol. The molecular weight excluding hydrogens is 1070 g/mol. The number of hydrogen-bond donors (Lipinski definition) is 4. The molecule has 2 aromatic heterocycles. The summed E-state index contributed by atoms with van der Waals surface area (Å²) in [5.74, 6) is 1.16. The van der Waals surface area contributed by atoms with Crippen molar-refractivity contribution in [2.45, 2.75) is 70.1 Å². The quantitative estimate of drug-likeness (QED) is 0.0318. The molecule has 21 nitrogen and oxygen atoms in total. The van der Waals surface area contributed by atoms with E-state index in [1.807, 2.05) is 72.7 Å². The summed E-state index contributed by atoms with van der Waals surface area (Å²) in [6.45, 7) is 9.59. The average Bonchev–Trinajstić information content (AvgIpc) is 4.08. The number of hydrogen-bond acceptors (Lipinski definition) is 16. The zero-order valence-electron chi connectivity index (χ0n) is 47.0. The lowest BCUT2D eigenvalue weighted by atomic mass is 10.0. The highest BCUT2D eigenvalue weighted by molar-refractivity contribution is 7.14. The van der Waals surface area contributed by atoms with Gasteiger partial charge in [-0.3, -0.25) is 19.7 Å². The zero-order valence-corrected chi connectivity index (χ0v) is 47.8. The van der Waals surface area contributed by atoms with Crippen LogP contribution in [0.4, 0.5) is 15.6 Å². The van der Waals surface area contributed by atoms with Gasteiger partial charge in [-0.1, -0.05) is 59.8 Å². The first-order valence-electron chi connectivity index (χ1n) is 28.2. The number of phenols is 1. The highest BCUT2D eigenvalue weighted by Crippen LogP contribution is 2.36. The number of nitrogens with zero attached hydrogens (tertiary/aromatic N) is 8. The molecule has 0 bridgehead atoms. The SMILES string of the molecule is CN(CCCCOc1ccc(C(C(=O)NCc2ccccc2)N(C(=O)Cc2ccc(O)cc2)C2CC2)cc1)CCOCCOCCc1cn(CCOCCOc2ccc(NC(=O)Nc3nc(CC(=O)N4CCN(C)CC4)cs3)cc2)nn1. The van der Waals surface area contributed by atoms with Crippen LogP contribution in [0.15, 0.2) is 115 Å². The molecule has 1 atom stereocenters. The Balaban J connectivity index is 0.621. The number of carbonyl (C=O) groups is 4. The maximum Gasteiger partial charge on any atom is 0.325 e. The minimum absolute atomic E-state index is 0.0234. The number of benzene rings is 4. The Bertz CT molecular complexity index is 2880. The lowest BCUT2D eigenvalue weighted by Gasteiger charge is -2.32. The van der Waals surface area contributed by atoms with Gasteiger partial charge in [-0.2, -0.15) is 0 Å². The molecule has 0 spiro atoms. The Kier molecular flexibility index (Phi) is 23.8.